The SMILES string of the molecule is O=C(NCCC(=O)N1CCN(c2ccccc2)CC1)c1[nH]c2ccccc2c1Cl. The summed E-state index contributed by atoms with van der Waals surface area (Å²) in [6, 6.07) is 17.7. The fourth-order valence-corrected chi connectivity index (χ4v) is 3.94. The second-order valence-electron chi connectivity index (χ2n) is 7.07. The Morgan fingerprint density at radius 3 is 2.38 bits per heavy atom. The second kappa shape index (κ2) is 8.57. The standard InChI is InChI=1S/C22H23ClN4O2/c23-20-17-8-4-5-9-18(17)25-21(20)22(29)24-11-10-19(28)27-14-12-26(13-15-27)16-6-2-1-3-7-16/h1-9,25H,10-15H2,(H,24,29). The zero-order valence-corrected chi connectivity index (χ0v) is 16.8. The van der Waals surface area contributed by atoms with Gasteiger partial charge in [0.15, 0.2) is 0 Å². The van der Waals surface area contributed by atoms with Gasteiger partial charge >= 0.3 is 0 Å². The molecule has 0 atom stereocenters. The van der Waals surface area contributed by atoms with Gasteiger partial charge in [-0.1, -0.05) is 48.0 Å². The highest BCUT2D eigenvalue weighted by Gasteiger charge is 2.21. The van der Waals surface area contributed by atoms with Crippen LogP contribution >= 0.6 is 11.6 Å². The van der Waals surface area contributed by atoms with Gasteiger partial charge in [0.25, 0.3) is 5.91 Å². The third-order valence-electron chi connectivity index (χ3n) is 5.25. The van der Waals surface area contributed by atoms with E-state index in [4.69, 9.17) is 11.6 Å². The number of rotatable bonds is 5. The summed E-state index contributed by atoms with van der Waals surface area (Å²) in [5, 5.41) is 4.01. The largest absolute Gasteiger partial charge is 0.368 e. The van der Waals surface area contributed by atoms with Crippen molar-refractivity contribution in [1.82, 2.24) is 15.2 Å². The Balaban J connectivity index is 1.26. The molecule has 1 aromatic heterocycles. The molecule has 29 heavy (non-hydrogen) atoms. The zero-order chi connectivity index (χ0) is 20.2. The Labute approximate surface area is 174 Å². The van der Waals surface area contributed by atoms with Gasteiger partial charge in [0.05, 0.1) is 5.02 Å². The predicted octanol–water partition coefficient (Wildman–Crippen LogP) is 3.29. The summed E-state index contributed by atoms with van der Waals surface area (Å²) in [5.74, 6) is -0.242. The third kappa shape index (κ3) is 4.22. The topological polar surface area (TPSA) is 68.4 Å². The van der Waals surface area contributed by atoms with E-state index in [9.17, 15) is 9.59 Å². The summed E-state index contributed by atoms with van der Waals surface area (Å²) in [5.41, 5.74) is 2.33. The molecule has 0 spiro atoms. The molecule has 1 fully saturated rings. The van der Waals surface area contributed by atoms with E-state index in [0.29, 0.717) is 23.8 Å². The highest BCUT2D eigenvalue weighted by molar-refractivity contribution is 6.38. The van der Waals surface area contributed by atoms with Gasteiger partial charge in [0.1, 0.15) is 5.69 Å². The first kappa shape index (κ1) is 19.3. The quantitative estimate of drug-likeness (QED) is 0.678. The van der Waals surface area contributed by atoms with E-state index >= 15 is 0 Å². The molecule has 2 amide bonds. The minimum atomic E-state index is -0.298. The Kier molecular flexibility index (Phi) is 5.71. The maximum Gasteiger partial charge on any atom is 0.269 e. The van der Waals surface area contributed by atoms with E-state index in [-0.39, 0.29) is 24.8 Å². The highest BCUT2D eigenvalue weighted by Crippen LogP contribution is 2.27. The molecule has 3 aromatic rings. The number of carbonyl (C=O) groups excluding carboxylic acids is 2. The predicted molar refractivity (Wildman–Crippen MR) is 115 cm³/mol. The smallest absolute Gasteiger partial charge is 0.269 e. The van der Waals surface area contributed by atoms with Crippen LogP contribution in [0.3, 0.4) is 0 Å². The van der Waals surface area contributed by atoms with Crippen molar-refractivity contribution < 1.29 is 9.59 Å². The van der Waals surface area contributed by atoms with Crippen molar-refractivity contribution in [2.75, 3.05) is 37.6 Å². The Hall–Kier alpha value is -2.99. The molecule has 1 aliphatic rings. The number of aromatic amines is 1. The van der Waals surface area contributed by atoms with Gasteiger partial charge in [0, 0.05) is 55.7 Å². The number of para-hydroxylation sites is 2. The fourth-order valence-electron chi connectivity index (χ4n) is 3.65. The molecule has 2 heterocycles. The summed E-state index contributed by atoms with van der Waals surface area (Å²) in [7, 11) is 0. The molecule has 4 rings (SSSR count). The molecule has 150 valence electrons. The van der Waals surface area contributed by atoms with Crippen molar-refractivity contribution in [3.63, 3.8) is 0 Å². The first-order valence-electron chi connectivity index (χ1n) is 9.75. The minimum absolute atomic E-state index is 0.0563. The van der Waals surface area contributed by atoms with E-state index in [0.717, 1.165) is 24.0 Å². The highest BCUT2D eigenvalue weighted by atomic mass is 35.5. The Morgan fingerprint density at radius 2 is 1.66 bits per heavy atom. The molecule has 1 aliphatic heterocycles. The number of fused-ring (bicyclic) bond motifs is 1. The summed E-state index contributed by atoms with van der Waals surface area (Å²) in [4.78, 5) is 32.1. The average molecular weight is 411 g/mol. The molecule has 1 saturated heterocycles. The number of halogens is 1. The van der Waals surface area contributed by atoms with Crippen molar-refractivity contribution in [3.05, 3.63) is 65.3 Å². The number of anilines is 1. The molecular weight excluding hydrogens is 388 g/mol. The molecule has 2 aromatic carbocycles. The number of H-pyrrole nitrogens is 1. The van der Waals surface area contributed by atoms with E-state index < -0.39 is 0 Å². The first-order valence-corrected chi connectivity index (χ1v) is 10.1. The van der Waals surface area contributed by atoms with Crippen LogP contribution in [0.4, 0.5) is 5.69 Å². The van der Waals surface area contributed by atoms with Crippen LogP contribution in [0.5, 0.6) is 0 Å². The summed E-state index contributed by atoms with van der Waals surface area (Å²) < 4.78 is 0. The van der Waals surface area contributed by atoms with Crippen molar-refractivity contribution in [2.24, 2.45) is 0 Å². The molecule has 0 radical (unpaired) electrons. The molecule has 0 aliphatic carbocycles. The van der Waals surface area contributed by atoms with E-state index in [1.54, 1.807) is 0 Å². The van der Waals surface area contributed by atoms with Crippen molar-refractivity contribution in [1.29, 1.82) is 0 Å². The lowest BCUT2D eigenvalue weighted by Crippen LogP contribution is -2.49. The zero-order valence-electron chi connectivity index (χ0n) is 16.0. The van der Waals surface area contributed by atoms with Gasteiger partial charge in [-0.15, -0.1) is 0 Å². The van der Waals surface area contributed by atoms with E-state index in [1.807, 2.05) is 47.4 Å². The number of hydrogen-bond acceptors (Lipinski definition) is 3. The maximum atomic E-state index is 12.5. The molecule has 0 unspecified atom stereocenters. The van der Waals surface area contributed by atoms with Gasteiger partial charge in [-0.25, -0.2) is 0 Å². The number of nitrogens with zero attached hydrogens (tertiary/aromatic N) is 2. The number of aromatic nitrogens is 1. The molecular formula is C22H23ClN4O2. The van der Waals surface area contributed by atoms with Gasteiger partial charge in [-0.2, -0.15) is 0 Å². The number of carbonyl (C=O) groups is 2. The molecule has 0 bridgehead atoms. The lowest BCUT2D eigenvalue weighted by Gasteiger charge is -2.36. The summed E-state index contributed by atoms with van der Waals surface area (Å²) >= 11 is 6.31. The number of hydrogen-bond donors (Lipinski definition) is 2. The fraction of sp³-hybridized carbons (Fsp3) is 0.273. The number of amides is 2. The van der Waals surface area contributed by atoms with Crippen LogP contribution in [0, 0.1) is 0 Å². The molecule has 6 nitrogen and oxygen atoms in total. The molecule has 2 N–H and O–H groups in total. The van der Waals surface area contributed by atoms with E-state index in [1.165, 1.54) is 5.69 Å². The number of nitrogens with one attached hydrogen (secondary N) is 2. The second-order valence-corrected chi connectivity index (χ2v) is 7.45. The van der Waals surface area contributed by atoms with Gasteiger partial charge < -0.3 is 20.1 Å². The molecule has 7 heteroatoms. The maximum absolute atomic E-state index is 12.5. The molecule has 0 saturated carbocycles. The van der Waals surface area contributed by atoms with E-state index in [2.05, 4.69) is 27.3 Å². The summed E-state index contributed by atoms with van der Waals surface area (Å²) in [6.45, 7) is 3.28. The number of benzene rings is 2. The van der Waals surface area contributed by atoms with Crippen LogP contribution in [0.1, 0.15) is 16.9 Å². The lowest BCUT2D eigenvalue weighted by molar-refractivity contribution is -0.131. The van der Waals surface area contributed by atoms with Crippen molar-refractivity contribution >= 4 is 40.0 Å². The summed E-state index contributed by atoms with van der Waals surface area (Å²) in [6.07, 6.45) is 0.273. The monoisotopic (exact) mass is 410 g/mol. The van der Waals surface area contributed by atoms with Crippen LogP contribution in [0.25, 0.3) is 10.9 Å². The van der Waals surface area contributed by atoms with Gasteiger partial charge in [0.2, 0.25) is 5.91 Å². The van der Waals surface area contributed by atoms with Crippen LogP contribution in [0.2, 0.25) is 5.02 Å². The Bertz CT molecular complexity index is 1010. The minimum Gasteiger partial charge on any atom is -0.368 e. The lowest BCUT2D eigenvalue weighted by atomic mass is 10.2. The third-order valence-corrected chi connectivity index (χ3v) is 5.64. The van der Waals surface area contributed by atoms with Crippen LogP contribution in [0.15, 0.2) is 54.6 Å². The normalized spacial score (nSPS) is 14.2. The van der Waals surface area contributed by atoms with Crippen molar-refractivity contribution in [3.8, 4) is 0 Å². The number of piperazine rings is 1. The van der Waals surface area contributed by atoms with Crippen molar-refractivity contribution in [2.45, 2.75) is 6.42 Å². The first-order chi connectivity index (χ1) is 14.1. The van der Waals surface area contributed by atoms with Crippen LogP contribution in [-0.4, -0.2) is 54.4 Å². The average Bonchev–Trinajstić information content (AvgIpc) is 3.11. The Morgan fingerprint density at radius 1 is 0.966 bits per heavy atom. The van der Waals surface area contributed by atoms with Crippen LogP contribution < -0.4 is 10.2 Å². The van der Waals surface area contributed by atoms with Gasteiger partial charge in [-0.3, -0.25) is 9.59 Å². The van der Waals surface area contributed by atoms with Gasteiger partial charge in [-0.05, 0) is 18.2 Å². The van der Waals surface area contributed by atoms with Crippen LogP contribution in [-0.2, 0) is 4.79 Å².